The minimum atomic E-state index is -1.08. The monoisotopic (exact) mass is 309 g/mol. The van der Waals surface area contributed by atoms with E-state index in [0.717, 1.165) is 4.90 Å². The lowest BCUT2D eigenvalue weighted by Crippen LogP contribution is -2.23. The molecule has 21 heavy (non-hydrogen) atoms. The van der Waals surface area contributed by atoms with E-state index in [4.69, 9.17) is 9.84 Å². The van der Waals surface area contributed by atoms with Crippen LogP contribution in [0.5, 0.6) is 0 Å². The van der Waals surface area contributed by atoms with E-state index in [1.807, 2.05) is 31.4 Å². The minimum Gasteiger partial charge on any atom is -0.478 e. The van der Waals surface area contributed by atoms with Crippen LogP contribution in [-0.4, -0.2) is 29.5 Å². The summed E-state index contributed by atoms with van der Waals surface area (Å²) in [6, 6.07) is 7.38. The first-order valence-electron chi connectivity index (χ1n) is 6.49. The summed E-state index contributed by atoms with van der Waals surface area (Å²) in [5.74, 6) is -1.08. The molecule has 0 aromatic heterocycles. The Labute approximate surface area is 128 Å². The molecule has 1 rings (SSSR count). The molecular weight excluding hydrogens is 290 g/mol. The molecule has 0 radical (unpaired) electrons. The first kappa shape index (κ1) is 17.1. The molecular formula is C15H19NO4S. The highest BCUT2D eigenvalue weighted by atomic mass is 32.2. The number of hydrogen-bond acceptors (Lipinski definition) is 4. The Bertz CT molecular complexity index is 530. The number of hydrogen-bond donors (Lipinski definition) is 2. The molecule has 0 spiro atoms. The fraction of sp³-hybridized carbons (Fsp3) is 0.333. The molecule has 0 saturated heterocycles. The summed E-state index contributed by atoms with van der Waals surface area (Å²) in [5, 5.41) is 11.5. The summed E-state index contributed by atoms with van der Waals surface area (Å²) in [5.41, 5.74) is 0.695. The van der Waals surface area contributed by atoms with Crippen LogP contribution in [0.2, 0.25) is 0 Å². The summed E-state index contributed by atoms with van der Waals surface area (Å²) in [6.45, 7) is 5.27. The Balaban J connectivity index is 2.62. The Morgan fingerprint density at radius 2 is 2.10 bits per heavy atom. The molecule has 114 valence electrons. The molecule has 0 saturated carbocycles. The van der Waals surface area contributed by atoms with Gasteiger partial charge in [-0.15, -0.1) is 11.8 Å². The van der Waals surface area contributed by atoms with Gasteiger partial charge in [-0.05, 0) is 24.8 Å². The number of benzene rings is 1. The number of nitrogens with one attached hydrogen (secondary N) is 1. The van der Waals surface area contributed by atoms with Gasteiger partial charge >= 0.3 is 12.1 Å². The Kier molecular flexibility index (Phi) is 6.81. The summed E-state index contributed by atoms with van der Waals surface area (Å²) in [6.07, 6.45) is 1.45. The Morgan fingerprint density at radius 1 is 1.43 bits per heavy atom. The summed E-state index contributed by atoms with van der Waals surface area (Å²) in [7, 11) is 0. The number of anilines is 1. The van der Waals surface area contributed by atoms with Gasteiger partial charge in [0, 0.05) is 16.9 Å². The largest absolute Gasteiger partial charge is 0.478 e. The van der Waals surface area contributed by atoms with Gasteiger partial charge in [-0.3, -0.25) is 5.32 Å². The van der Waals surface area contributed by atoms with Crippen molar-refractivity contribution in [3.8, 4) is 0 Å². The number of carbonyl (C=O) groups is 2. The number of rotatable bonds is 7. The van der Waals surface area contributed by atoms with Crippen molar-refractivity contribution in [2.75, 3.05) is 11.6 Å². The lowest BCUT2D eigenvalue weighted by atomic mass is 10.1. The van der Waals surface area contributed by atoms with Crippen LogP contribution in [0, 0.1) is 0 Å². The second-order valence-corrected chi connectivity index (χ2v) is 5.22. The van der Waals surface area contributed by atoms with Crippen molar-refractivity contribution in [3.63, 3.8) is 0 Å². The lowest BCUT2D eigenvalue weighted by Gasteiger charge is -2.17. The van der Waals surface area contributed by atoms with Gasteiger partial charge in [0.25, 0.3) is 0 Å². The van der Waals surface area contributed by atoms with Crippen LogP contribution >= 0.6 is 11.8 Å². The Morgan fingerprint density at radius 3 is 2.67 bits per heavy atom. The maximum atomic E-state index is 11.9. The maximum Gasteiger partial charge on any atom is 0.411 e. The number of para-hydroxylation sites is 1. The van der Waals surface area contributed by atoms with Crippen molar-refractivity contribution in [1.82, 2.24) is 0 Å². The molecule has 0 aliphatic heterocycles. The van der Waals surface area contributed by atoms with Crippen LogP contribution in [0.1, 0.15) is 19.8 Å². The molecule has 1 amide bonds. The first-order valence-corrected chi connectivity index (χ1v) is 7.72. The molecule has 0 aliphatic rings. The second kappa shape index (κ2) is 8.36. The molecule has 6 heteroatoms. The number of ether oxygens (including phenoxy) is 1. The third-order valence-electron chi connectivity index (χ3n) is 2.85. The number of carbonyl (C=O) groups excluding carboxylic acids is 1. The van der Waals surface area contributed by atoms with Crippen molar-refractivity contribution in [3.05, 3.63) is 36.4 Å². The number of thioether (sulfide) groups is 1. The normalized spacial score (nSPS) is 11.5. The van der Waals surface area contributed by atoms with E-state index >= 15 is 0 Å². The molecule has 1 unspecified atom stereocenters. The van der Waals surface area contributed by atoms with Gasteiger partial charge in [-0.25, -0.2) is 9.59 Å². The first-order chi connectivity index (χ1) is 9.97. The van der Waals surface area contributed by atoms with Crippen LogP contribution < -0.4 is 5.32 Å². The highest BCUT2D eigenvalue weighted by molar-refractivity contribution is 7.98. The third-order valence-corrected chi connectivity index (χ3v) is 3.65. The number of carboxylic acid groups (broad SMARTS) is 1. The topological polar surface area (TPSA) is 75.6 Å². The van der Waals surface area contributed by atoms with Gasteiger partial charge in [0.05, 0.1) is 5.69 Å². The standard InChI is InChI=1S/C15H19NO4S/c1-4-11(9-10(2)14(17)18)20-15(19)16-12-7-5-6-8-13(12)21-3/h5-8,11H,2,4,9H2,1,3H3,(H,16,19)(H,17,18). The van der Waals surface area contributed by atoms with Gasteiger partial charge in [-0.2, -0.15) is 0 Å². The van der Waals surface area contributed by atoms with E-state index in [1.165, 1.54) is 11.8 Å². The quantitative estimate of drug-likeness (QED) is 0.592. The highest BCUT2D eigenvalue weighted by Gasteiger charge is 2.17. The van der Waals surface area contributed by atoms with Gasteiger partial charge in [0.2, 0.25) is 0 Å². The fourth-order valence-electron chi connectivity index (χ4n) is 1.67. The van der Waals surface area contributed by atoms with E-state index in [2.05, 4.69) is 11.9 Å². The van der Waals surface area contributed by atoms with Gasteiger partial charge in [-0.1, -0.05) is 25.6 Å². The van der Waals surface area contributed by atoms with Gasteiger partial charge in [0.15, 0.2) is 0 Å². The van der Waals surface area contributed by atoms with Crippen LogP contribution in [0.25, 0.3) is 0 Å². The van der Waals surface area contributed by atoms with Crippen molar-refractivity contribution in [2.24, 2.45) is 0 Å². The summed E-state index contributed by atoms with van der Waals surface area (Å²) >= 11 is 1.51. The van der Waals surface area contributed by atoms with Crippen molar-refractivity contribution >= 4 is 29.5 Å². The van der Waals surface area contributed by atoms with E-state index in [-0.39, 0.29) is 12.0 Å². The molecule has 0 fully saturated rings. The van der Waals surface area contributed by atoms with Crippen LogP contribution in [0.15, 0.2) is 41.3 Å². The predicted octanol–water partition coefficient (Wildman–Crippen LogP) is 3.77. The zero-order valence-corrected chi connectivity index (χ0v) is 12.9. The van der Waals surface area contributed by atoms with Crippen molar-refractivity contribution in [2.45, 2.75) is 30.8 Å². The van der Waals surface area contributed by atoms with E-state index in [0.29, 0.717) is 12.1 Å². The van der Waals surface area contributed by atoms with Crippen LogP contribution in [0.4, 0.5) is 10.5 Å². The number of amides is 1. The predicted molar refractivity (Wildman–Crippen MR) is 83.8 cm³/mol. The van der Waals surface area contributed by atoms with E-state index in [9.17, 15) is 9.59 Å². The molecule has 1 aromatic carbocycles. The van der Waals surface area contributed by atoms with Crippen molar-refractivity contribution in [1.29, 1.82) is 0 Å². The fourth-order valence-corrected chi connectivity index (χ4v) is 2.22. The lowest BCUT2D eigenvalue weighted by molar-refractivity contribution is -0.133. The van der Waals surface area contributed by atoms with Gasteiger partial charge in [0.1, 0.15) is 6.10 Å². The average molecular weight is 309 g/mol. The van der Waals surface area contributed by atoms with Crippen LogP contribution in [0.3, 0.4) is 0 Å². The van der Waals surface area contributed by atoms with E-state index < -0.39 is 18.2 Å². The SMILES string of the molecule is C=C(CC(CC)OC(=O)Nc1ccccc1SC)C(=O)O. The Hall–Kier alpha value is -1.95. The second-order valence-electron chi connectivity index (χ2n) is 4.37. The maximum absolute atomic E-state index is 11.9. The smallest absolute Gasteiger partial charge is 0.411 e. The molecule has 5 nitrogen and oxygen atoms in total. The highest BCUT2D eigenvalue weighted by Crippen LogP contribution is 2.25. The number of aliphatic carboxylic acids is 1. The zero-order chi connectivity index (χ0) is 15.8. The molecule has 1 aromatic rings. The molecule has 0 bridgehead atoms. The zero-order valence-electron chi connectivity index (χ0n) is 12.1. The van der Waals surface area contributed by atoms with Crippen molar-refractivity contribution < 1.29 is 19.4 Å². The average Bonchev–Trinajstić information content (AvgIpc) is 2.46. The van der Waals surface area contributed by atoms with E-state index in [1.54, 1.807) is 6.07 Å². The molecule has 1 atom stereocenters. The summed E-state index contributed by atoms with van der Waals surface area (Å²) < 4.78 is 5.24. The molecule has 0 heterocycles. The van der Waals surface area contributed by atoms with Gasteiger partial charge < -0.3 is 9.84 Å². The third kappa shape index (κ3) is 5.51. The molecule has 0 aliphatic carbocycles. The minimum absolute atomic E-state index is 0.0270. The van der Waals surface area contributed by atoms with Crippen LogP contribution in [-0.2, 0) is 9.53 Å². The summed E-state index contributed by atoms with van der Waals surface area (Å²) in [4.78, 5) is 23.6. The number of carboxylic acids is 1. The molecule has 2 N–H and O–H groups in total.